The molecule has 0 saturated carbocycles. The van der Waals surface area contributed by atoms with Gasteiger partial charge in [0.2, 0.25) is 0 Å². The fourth-order valence-electron chi connectivity index (χ4n) is 1.63. The third-order valence-electron chi connectivity index (χ3n) is 2.73. The Kier molecular flexibility index (Phi) is 6.82. The molecule has 1 aromatic carbocycles. The molecule has 2 atom stereocenters. The molecule has 4 nitrogen and oxygen atoms in total. The van der Waals surface area contributed by atoms with Crippen molar-refractivity contribution in [3.05, 3.63) is 29.8 Å². The zero-order valence-electron chi connectivity index (χ0n) is 12.9. The van der Waals surface area contributed by atoms with Crippen LogP contribution >= 0.6 is 0 Å². The highest BCUT2D eigenvalue weighted by Crippen LogP contribution is 2.22. The first kappa shape index (κ1) is 17.3. The van der Waals surface area contributed by atoms with Crippen molar-refractivity contribution in [3.63, 3.8) is 0 Å². The number of methoxy groups -OCH3 is 1. The molecule has 5 heteroatoms. The smallest absolute Gasteiger partial charge is 0.136 e. The van der Waals surface area contributed by atoms with Gasteiger partial charge in [0.1, 0.15) is 16.5 Å². The molecule has 0 saturated heterocycles. The number of nitrogens with one attached hydrogen (secondary N) is 1. The Balaban J connectivity index is 2.79. The minimum absolute atomic E-state index is 0.101. The van der Waals surface area contributed by atoms with E-state index in [1.54, 1.807) is 7.11 Å². The van der Waals surface area contributed by atoms with E-state index in [2.05, 4.69) is 4.72 Å². The minimum Gasteiger partial charge on any atom is -0.598 e. The number of hydrogen-bond acceptors (Lipinski definition) is 4. The van der Waals surface area contributed by atoms with Crippen LogP contribution in [0.5, 0.6) is 5.75 Å². The number of benzene rings is 1. The topological polar surface area (TPSA) is 53.5 Å². The van der Waals surface area contributed by atoms with Crippen molar-refractivity contribution >= 4 is 11.4 Å². The van der Waals surface area contributed by atoms with E-state index in [1.807, 2.05) is 52.0 Å². The van der Waals surface area contributed by atoms with Crippen molar-refractivity contribution in [1.29, 1.82) is 0 Å². The molecule has 20 heavy (non-hydrogen) atoms. The predicted molar refractivity (Wildman–Crippen MR) is 83.3 cm³/mol. The highest BCUT2D eigenvalue weighted by atomic mass is 32.2. The van der Waals surface area contributed by atoms with E-state index in [1.165, 1.54) is 0 Å². The molecule has 1 unspecified atom stereocenters. The van der Waals surface area contributed by atoms with Gasteiger partial charge in [0, 0.05) is 18.5 Å². The van der Waals surface area contributed by atoms with Crippen LogP contribution in [0.1, 0.15) is 39.3 Å². The largest absolute Gasteiger partial charge is 0.598 e. The van der Waals surface area contributed by atoms with Crippen LogP contribution in [-0.2, 0) is 16.1 Å². The lowest BCUT2D eigenvalue weighted by Crippen LogP contribution is -2.42. The van der Waals surface area contributed by atoms with Gasteiger partial charge in [-0.25, -0.2) is 0 Å². The summed E-state index contributed by atoms with van der Waals surface area (Å²) in [6.45, 7) is 8.90. The van der Waals surface area contributed by atoms with Crippen LogP contribution < -0.4 is 9.46 Å². The zero-order chi connectivity index (χ0) is 15.2. The highest BCUT2D eigenvalue weighted by molar-refractivity contribution is 7.90. The summed E-state index contributed by atoms with van der Waals surface area (Å²) in [4.78, 5) is 0. The van der Waals surface area contributed by atoms with Gasteiger partial charge in [0.25, 0.3) is 0 Å². The number of rotatable bonds is 7. The zero-order valence-corrected chi connectivity index (χ0v) is 13.8. The molecule has 1 rings (SSSR count). The molecule has 0 aliphatic heterocycles. The molecule has 0 aliphatic rings. The van der Waals surface area contributed by atoms with Crippen LogP contribution in [0.4, 0.5) is 0 Å². The van der Waals surface area contributed by atoms with Gasteiger partial charge in [-0.3, -0.25) is 0 Å². The van der Waals surface area contributed by atoms with Crippen molar-refractivity contribution in [3.8, 4) is 5.75 Å². The molecule has 0 radical (unpaired) electrons. The molecule has 0 aromatic heterocycles. The van der Waals surface area contributed by atoms with Crippen LogP contribution in [0.2, 0.25) is 0 Å². The van der Waals surface area contributed by atoms with E-state index in [0.717, 1.165) is 11.3 Å². The summed E-state index contributed by atoms with van der Waals surface area (Å²) >= 11 is -1.14. The number of ether oxygens (including phenoxy) is 2. The van der Waals surface area contributed by atoms with Gasteiger partial charge in [-0.1, -0.05) is 12.1 Å². The van der Waals surface area contributed by atoms with Gasteiger partial charge in [0.05, 0.1) is 13.2 Å². The minimum atomic E-state index is -1.14. The lowest BCUT2D eigenvalue weighted by atomic mass is 10.1. The molecular formula is C15H25NO3S. The van der Waals surface area contributed by atoms with Gasteiger partial charge in [-0.15, -0.1) is 4.72 Å². The van der Waals surface area contributed by atoms with Crippen LogP contribution in [-0.4, -0.2) is 29.6 Å². The maximum absolute atomic E-state index is 12.2. The SMILES string of the molecule is CCOc1ccc([C@H](COC)N[S+]([O-])C(C)(C)C)cc1. The van der Waals surface area contributed by atoms with Crippen molar-refractivity contribution < 1.29 is 14.0 Å². The second-order valence-corrected chi connectivity index (χ2v) is 7.51. The molecule has 0 fully saturated rings. The number of hydrogen-bond donors (Lipinski definition) is 1. The summed E-state index contributed by atoms with van der Waals surface area (Å²) in [5, 5.41) is 0. The molecule has 0 aliphatic carbocycles. The van der Waals surface area contributed by atoms with E-state index in [9.17, 15) is 4.55 Å². The highest BCUT2D eigenvalue weighted by Gasteiger charge is 2.29. The van der Waals surface area contributed by atoms with E-state index < -0.39 is 11.4 Å². The Morgan fingerprint density at radius 1 is 1.25 bits per heavy atom. The van der Waals surface area contributed by atoms with E-state index in [0.29, 0.717) is 13.2 Å². The molecular weight excluding hydrogens is 274 g/mol. The van der Waals surface area contributed by atoms with Crippen LogP contribution in [0.25, 0.3) is 0 Å². The molecule has 0 spiro atoms. The van der Waals surface area contributed by atoms with E-state index in [4.69, 9.17) is 9.47 Å². The molecule has 0 amide bonds. The summed E-state index contributed by atoms with van der Waals surface area (Å²) in [5.74, 6) is 0.837. The molecule has 114 valence electrons. The first-order chi connectivity index (χ1) is 9.38. The standard InChI is InChI=1S/C15H25NO3S/c1-6-19-13-9-7-12(8-10-13)14(11-18-5)16-20(17)15(2,3)4/h7-10,14,16H,6,11H2,1-5H3/t14-,20?/m0/s1. The lowest BCUT2D eigenvalue weighted by Gasteiger charge is -2.28. The third kappa shape index (κ3) is 5.32. The molecule has 1 N–H and O–H groups in total. The summed E-state index contributed by atoms with van der Waals surface area (Å²) < 4.78 is 25.7. The van der Waals surface area contributed by atoms with Crippen molar-refractivity contribution in [1.82, 2.24) is 4.72 Å². The summed E-state index contributed by atoms with van der Waals surface area (Å²) in [5.41, 5.74) is 1.04. The van der Waals surface area contributed by atoms with E-state index >= 15 is 0 Å². The van der Waals surface area contributed by atoms with Crippen LogP contribution in [0, 0.1) is 0 Å². The average molecular weight is 299 g/mol. The van der Waals surface area contributed by atoms with Crippen molar-refractivity contribution in [2.24, 2.45) is 0 Å². The summed E-state index contributed by atoms with van der Waals surface area (Å²) in [6.07, 6.45) is 0. The average Bonchev–Trinajstić information content (AvgIpc) is 2.38. The van der Waals surface area contributed by atoms with Gasteiger partial charge >= 0.3 is 0 Å². The Morgan fingerprint density at radius 3 is 2.30 bits per heavy atom. The second kappa shape index (κ2) is 7.88. The van der Waals surface area contributed by atoms with Gasteiger partial charge in [-0.2, -0.15) is 0 Å². The van der Waals surface area contributed by atoms with Gasteiger partial charge < -0.3 is 14.0 Å². The van der Waals surface area contributed by atoms with Crippen molar-refractivity contribution in [2.45, 2.75) is 38.5 Å². The molecule has 0 heterocycles. The maximum atomic E-state index is 12.2. The monoisotopic (exact) mass is 299 g/mol. The molecule has 1 aromatic rings. The third-order valence-corrected chi connectivity index (χ3v) is 4.34. The quantitative estimate of drug-likeness (QED) is 0.787. The second-order valence-electron chi connectivity index (χ2n) is 5.51. The van der Waals surface area contributed by atoms with Gasteiger partial charge in [0.15, 0.2) is 0 Å². The first-order valence-corrected chi connectivity index (χ1v) is 7.93. The lowest BCUT2D eigenvalue weighted by molar-refractivity contribution is 0.175. The van der Waals surface area contributed by atoms with Gasteiger partial charge in [-0.05, 0) is 45.4 Å². The predicted octanol–water partition coefficient (Wildman–Crippen LogP) is 2.82. The Labute approximate surface area is 125 Å². The fourth-order valence-corrected chi connectivity index (χ4v) is 2.45. The summed E-state index contributed by atoms with van der Waals surface area (Å²) in [7, 11) is 1.64. The Morgan fingerprint density at radius 2 is 1.85 bits per heavy atom. The Bertz CT molecular complexity index is 389. The first-order valence-electron chi connectivity index (χ1n) is 6.78. The summed E-state index contributed by atoms with van der Waals surface area (Å²) in [6, 6.07) is 7.69. The van der Waals surface area contributed by atoms with Crippen LogP contribution in [0.3, 0.4) is 0 Å². The van der Waals surface area contributed by atoms with Crippen LogP contribution in [0.15, 0.2) is 24.3 Å². The maximum Gasteiger partial charge on any atom is 0.136 e. The Hall–Kier alpha value is -0.750. The van der Waals surface area contributed by atoms with Crippen molar-refractivity contribution in [2.75, 3.05) is 20.3 Å². The van der Waals surface area contributed by atoms with E-state index in [-0.39, 0.29) is 10.8 Å². The normalized spacial score (nSPS) is 14.9. The fraction of sp³-hybridized carbons (Fsp3) is 0.600. The molecule has 0 bridgehead atoms.